The van der Waals surface area contributed by atoms with Crippen LogP contribution in [0.25, 0.3) is 0 Å². The van der Waals surface area contributed by atoms with Crippen molar-refractivity contribution in [2.45, 2.75) is 0 Å². The molecule has 3 N–H and O–H groups in total. The fourth-order valence-corrected chi connectivity index (χ4v) is 0.718. The molecule has 0 unspecified atom stereocenters. The van der Waals surface area contributed by atoms with E-state index in [0.29, 0.717) is 5.02 Å². The van der Waals surface area contributed by atoms with E-state index in [2.05, 4.69) is 17.0 Å². The number of carbonyl (C=O) groups is 1. The molecule has 0 spiro atoms. The lowest BCUT2D eigenvalue weighted by Gasteiger charge is -1.91. The maximum absolute atomic E-state index is 10.3. The molecular weight excluding hydrogens is 201 g/mol. The third kappa shape index (κ3) is 3.57. The van der Waals surface area contributed by atoms with Gasteiger partial charge in [-0.3, -0.25) is 0 Å². The van der Waals surface area contributed by atoms with Crippen LogP contribution in [-0.2, 0) is 0 Å². The average molecular weight is 208 g/mol. The first-order valence-electron chi connectivity index (χ1n) is 2.91. The van der Waals surface area contributed by atoms with Crippen LogP contribution in [0.4, 0.5) is 0 Å². The summed E-state index contributed by atoms with van der Waals surface area (Å²) < 4.78 is 0. The van der Waals surface area contributed by atoms with Gasteiger partial charge in [-0.1, -0.05) is 11.6 Å². The molecule has 12 heavy (non-hydrogen) atoms. The number of benzene rings is 1. The van der Waals surface area contributed by atoms with Gasteiger partial charge in [0.25, 0.3) is 0 Å². The SMILES string of the molecule is NCl.O=C(O)c1ccc(Cl)cc1. The molecule has 0 aliphatic carbocycles. The Balaban J connectivity index is 0.000000561. The van der Waals surface area contributed by atoms with Gasteiger partial charge in [0.05, 0.1) is 5.56 Å². The van der Waals surface area contributed by atoms with Gasteiger partial charge in [-0.2, -0.15) is 0 Å². The van der Waals surface area contributed by atoms with Crippen molar-refractivity contribution in [1.29, 1.82) is 0 Å². The van der Waals surface area contributed by atoms with Crippen molar-refractivity contribution in [3.05, 3.63) is 34.9 Å². The zero-order valence-corrected chi connectivity index (χ0v) is 7.51. The van der Waals surface area contributed by atoms with E-state index in [9.17, 15) is 4.79 Å². The number of nitrogens with two attached hydrogens (primary N) is 1. The molecule has 0 aliphatic heterocycles. The first kappa shape index (κ1) is 11.2. The molecule has 0 atom stereocenters. The largest absolute Gasteiger partial charge is 0.478 e. The Morgan fingerprint density at radius 3 is 2.00 bits per heavy atom. The van der Waals surface area contributed by atoms with E-state index in [4.69, 9.17) is 16.7 Å². The Labute approximate surface area is 79.8 Å². The molecule has 0 heterocycles. The van der Waals surface area contributed by atoms with Gasteiger partial charge in [0.1, 0.15) is 0 Å². The number of hydrogen-bond acceptors (Lipinski definition) is 2. The Hall–Kier alpha value is -0.770. The molecule has 1 aromatic rings. The van der Waals surface area contributed by atoms with Crippen LogP contribution in [0.15, 0.2) is 24.3 Å². The van der Waals surface area contributed by atoms with Crippen LogP contribution < -0.4 is 5.25 Å². The van der Waals surface area contributed by atoms with Crippen molar-refractivity contribution >= 4 is 29.3 Å². The topological polar surface area (TPSA) is 63.3 Å². The van der Waals surface area contributed by atoms with Crippen LogP contribution >= 0.6 is 23.4 Å². The third-order valence-electron chi connectivity index (χ3n) is 1.09. The summed E-state index contributed by atoms with van der Waals surface area (Å²) in [6, 6.07) is 6.02. The lowest BCUT2D eigenvalue weighted by molar-refractivity contribution is 0.0697. The zero-order chi connectivity index (χ0) is 9.56. The number of aromatic carboxylic acids is 1. The highest BCUT2D eigenvalue weighted by Crippen LogP contribution is 2.08. The van der Waals surface area contributed by atoms with E-state index in [-0.39, 0.29) is 5.56 Å². The van der Waals surface area contributed by atoms with Gasteiger partial charge in [0.15, 0.2) is 0 Å². The summed E-state index contributed by atoms with van der Waals surface area (Å²) in [5.74, 6) is -0.934. The monoisotopic (exact) mass is 207 g/mol. The zero-order valence-electron chi connectivity index (χ0n) is 6.00. The minimum absolute atomic E-state index is 0.254. The Kier molecular flexibility index (Phi) is 5.45. The number of carboxylic acid groups (broad SMARTS) is 1. The summed E-state index contributed by atoms with van der Waals surface area (Å²) in [6.45, 7) is 0. The minimum atomic E-state index is -0.934. The van der Waals surface area contributed by atoms with Gasteiger partial charge >= 0.3 is 5.97 Å². The van der Waals surface area contributed by atoms with Crippen molar-refractivity contribution in [2.75, 3.05) is 0 Å². The first-order valence-corrected chi connectivity index (χ1v) is 3.72. The molecule has 0 fully saturated rings. The summed E-state index contributed by atoms with van der Waals surface area (Å²) in [7, 11) is 0. The molecule has 0 radical (unpaired) electrons. The van der Waals surface area contributed by atoms with E-state index in [1.807, 2.05) is 0 Å². The fraction of sp³-hybridized carbons (Fsp3) is 0. The molecule has 0 amide bonds. The van der Waals surface area contributed by atoms with Crippen LogP contribution in [0.2, 0.25) is 5.02 Å². The summed E-state index contributed by atoms with van der Waals surface area (Å²) in [4.78, 5) is 10.3. The van der Waals surface area contributed by atoms with Crippen molar-refractivity contribution < 1.29 is 9.90 Å². The fourth-order valence-electron chi connectivity index (χ4n) is 0.592. The van der Waals surface area contributed by atoms with E-state index in [1.54, 1.807) is 12.1 Å². The van der Waals surface area contributed by atoms with Gasteiger partial charge < -0.3 is 5.11 Å². The second-order valence-corrected chi connectivity index (χ2v) is 2.25. The Bertz CT molecular complexity index is 248. The maximum Gasteiger partial charge on any atom is 0.335 e. The lowest BCUT2D eigenvalue weighted by atomic mass is 10.2. The predicted octanol–water partition coefficient (Wildman–Crippen LogP) is 2.14. The molecule has 0 aromatic heterocycles. The number of carboxylic acids is 1. The quantitative estimate of drug-likeness (QED) is 0.694. The normalized spacial score (nSPS) is 8.25. The lowest BCUT2D eigenvalue weighted by Crippen LogP contribution is -1.94. The van der Waals surface area contributed by atoms with E-state index in [1.165, 1.54) is 12.1 Å². The maximum atomic E-state index is 10.3. The molecule has 1 aromatic carbocycles. The summed E-state index contributed by atoms with van der Waals surface area (Å²) in [6.07, 6.45) is 0. The number of hydrogen-bond donors (Lipinski definition) is 2. The minimum Gasteiger partial charge on any atom is -0.478 e. The molecule has 3 nitrogen and oxygen atoms in total. The van der Waals surface area contributed by atoms with Crippen molar-refractivity contribution in [1.82, 2.24) is 0 Å². The highest BCUT2D eigenvalue weighted by molar-refractivity contribution is 6.30. The molecule has 5 heteroatoms. The molecule has 0 saturated carbocycles. The average Bonchev–Trinajstić information content (AvgIpc) is 2.09. The smallest absolute Gasteiger partial charge is 0.335 e. The molecular formula is C7H7Cl2NO2. The number of rotatable bonds is 1. The van der Waals surface area contributed by atoms with Gasteiger partial charge in [0.2, 0.25) is 0 Å². The first-order chi connectivity index (χ1) is 5.70. The molecule has 0 bridgehead atoms. The van der Waals surface area contributed by atoms with Crippen molar-refractivity contribution in [3.8, 4) is 0 Å². The standard InChI is InChI=1S/C7H5ClO2.ClH2N/c8-6-3-1-5(2-4-6)7(9)10;1-2/h1-4H,(H,9,10);2H2. The molecule has 66 valence electrons. The van der Waals surface area contributed by atoms with Crippen molar-refractivity contribution in [3.63, 3.8) is 0 Å². The predicted molar refractivity (Wildman–Crippen MR) is 48.5 cm³/mol. The highest BCUT2D eigenvalue weighted by atomic mass is 35.5. The summed E-state index contributed by atoms with van der Waals surface area (Å²) >= 11 is 9.66. The third-order valence-corrected chi connectivity index (χ3v) is 1.34. The van der Waals surface area contributed by atoms with Crippen LogP contribution in [0.1, 0.15) is 10.4 Å². The molecule has 0 aliphatic rings. The second-order valence-electron chi connectivity index (χ2n) is 1.81. The Morgan fingerprint density at radius 2 is 1.67 bits per heavy atom. The second kappa shape index (κ2) is 5.83. The van der Waals surface area contributed by atoms with Crippen LogP contribution in [0, 0.1) is 0 Å². The van der Waals surface area contributed by atoms with Crippen LogP contribution in [-0.4, -0.2) is 11.1 Å². The van der Waals surface area contributed by atoms with E-state index < -0.39 is 5.97 Å². The summed E-state index contributed by atoms with van der Waals surface area (Å²) in [5, 5.41) is 13.0. The van der Waals surface area contributed by atoms with Gasteiger partial charge in [-0.15, -0.1) is 0 Å². The van der Waals surface area contributed by atoms with Crippen LogP contribution in [0.3, 0.4) is 0 Å². The van der Waals surface area contributed by atoms with Crippen molar-refractivity contribution in [2.24, 2.45) is 5.25 Å². The van der Waals surface area contributed by atoms with Gasteiger partial charge in [-0.25, -0.2) is 10.0 Å². The van der Waals surface area contributed by atoms with Crippen LogP contribution in [0.5, 0.6) is 0 Å². The van der Waals surface area contributed by atoms with Gasteiger partial charge in [0, 0.05) is 5.02 Å². The van der Waals surface area contributed by atoms with E-state index in [0.717, 1.165) is 0 Å². The Morgan fingerprint density at radius 1 is 1.25 bits per heavy atom. The molecule has 1 rings (SSSR count). The highest BCUT2D eigenvalue weighted by Gasteiger charge is 1.99. The summed E-state index contributed by atoms with van der Waals surface area (Å²) in [5.41, 5.74) is 0.254. The van der Waals surface area contributed by atoms with Gasteiger partial charge in [-0.05, 0) is 36.0 Å². The molecule has 0 saturated heterocycles. The van der Waals surface area contributed by atoms with E-state index >= 15 is 0 Å². The number of halogens is 2.